The monoisotopic (exact) mass is 280 g/mol. The lowest BCUT2D eigenvalue weighted by Gasteiger charge is -2.07. The van der Waals surface area contributed by atoms with Crippen molar-refractivity contribution in [3.63, 3.8) is 0 Å². The summed E-state index contributed by atoms with van der Waals surface area (Å²) in [4.78, 5) is 12.0. The number of aromatic nitrogens is 2. The molecular formula is C12H7F3N4O. The van der Waals surface area contributed by atoms with Crippen LogP contribution in [0.2, 0.25) is 0 Å². The average molecular weight is 280 g/mol. The van der Waals surface area contributed by atoms with E-state index in [1.165, 1.54) is 0 Å². The maximum Gasteiger partial charge on any atom is 0.416 e. The molecule has 0 spiro atoms. The average Bonchev–Trinajstić information content (AvgIpc) is 2.78. The molecule has 0 saturated heterocycles. The van der Waals surface area contributed by atoms with Gasteiger partial charge in [0, 0.05) is 5.56 Å². The largest absolute Gasteiger partial charge is 0.416 e. The van der Waals surface area contributed by atoms with Crippen molar-refractivity contribution in [3.8, 4) is 6.07 Å². The van der Waals surface area contributed by atoms with E-state index in [-0.39, 0.29) is 16.9 Å². The molecule has 102 valence electrons. The van der Waals surface area contributed by atoms with Gasteiger partial charge in [-0.25, -0.2) is 0 Å². The normalized spacial score (nSPS) is 11.1. The molecule has 2 aromatic rings. The lowest BCUT2D eigenvalue weighted by molar-refractivity contribution is -0.137. The number of rotatable bonds is 1. The molecule has 0 fully saturated rings. The lowest BCUT2D eigenvalue weighted by Crippen LogP contribution is -2.16. The fourth-order valence-corrected chi connectivity index (χ4v) is 1.53. The topological polar surface area (TPSA) is 84.7 Å². The van der Waals surface area contributed by atoms with Crippen LogP contribution in [0, 0.1) is 11.3 Å². The van der Waals surface area contributed by atoms with Gasteiger partial charge < -0.3 is 5.73 Å². The molecule has 0 aliphatic rings. The Balaban J connectivity index is 2.35. The maximum absolute atomic E-state index is 12.4. The van der Waals surface area contributed by atoms with Crippen LogP contribution >= 0.6 is 0 Å². The fourth-order valence-electron chi connectivity index (χ4n) is 1.53. The predicted molar refractivity (Wildman–Crippen MR) is 62.5 cm³/mol. The quantitative estimate of drug-likeness (QED) is 0.866. The SMILES string of the molecule is N#Cc1cnn(C(=O)c2ccc(C(F)(F)F)cc2)c1N. The summed E-state index contributed by atoms with van der Waals surface area (Å²) in [6.07, 6.45) is -3.36. The van der Waals surface area contributed by atoms with Gasteiger partial charge in [-0.3, -0.25) is 4.79 Å². The second-order valence-corrected chi connectivity index (χ2v) is 3.85. The first-order valence-electron chi connectivity index (χ1n) is 5.30. The van der Waals surface area contributed by atoms with Gasteiger partial charge in [-0.2, -0.15) is 28.2 Å². The van der Waals surface area contributed by atoms with Crippen molar-refractivity contribution in [1.29, 1.82) is 5.26 Å². The van der Waals surface area contributed by atoms with Crippen molar-refractivity contribution in [2.75, 3.05) is 5.73 Å². The van der Waals surface area contributed by atoms with Gasteiger partial charge >= 0.3 is 6.18 Å². The smallest absolute Gasteiger partial charge is 0.382 e. The summed E-state index contributed by atoms with van der Waals surface area (Å²) >= 11 is 0. The van der Waals surface area contributed by atoms with E-state index in [0.29, 0.717) is 0 Å². The highest BCUT2D eigenvalue weighted by molar-refractivity contribution is 5.97. The molecule has 2 N–H and O–H groups in total. The molecule has 1 aromatic heterocycles. The summed E-state index contributed by atoms with van der Waals surface area (Å²) < 4.78 is 38.0. The molecule has 0 saturated carbocycles. The van der Waals surface area contributed by atoms with Gasteiger partial charge in [0.05, 0.1) is 11.8 Å². The number of nitrogens with zero attached hydrogens (tertiary/aromatic N) is 3. The highest BCUT2D eigenvalue weighted by Gasteiger charge is 2.30. The second kappa shape index (κ2) is 4.70. The molecule has 0 atom stereocenters. The van der Waals surface area contributed by atoms with Crippen molar-refractivity contribution in [3.05, 3.63) is 47.2 Å². The molecule has 20 heavy (non-hydrogen) atoms. The first-order chi connectivity index (χ1) is 9.34. The van der Waals surface area contributed by atoms with E-state index >= 15 is 0 Å². The minimum Gasteiger partial charge on any atom is -0.382 e. The van der Waals surface area contributed by atoms with Crippen molar-refractivity contribution in [2.24, 2.45) is 0 Å². The van der Waals surface area contributed by atoms with E-state index in [2.05, 4.69) is 5.10 Å². The number of nitrogen functional groups attached to an aromatic ring is 1. The summed E-state index contributed by atoms with van der Waals surface area (Å²) in [7, 11) is 0. The van der Waals surface area contributed by atoms with Gasteiger partial charge in [0.25, 0.3) is 5.91 Å². The van der Waals surface area contributed by atoms with Crippen LogP contribution in [0.15, 0.2) is 30.5 Å². The van der Waals surface area contributed by atoms with Crippen molar-refractivity contribution in [2.45, 2.75) is 6.18 Å². The Hall–Kier alpha value is -2.82. The summed E-state index contributed by atoms with van der Waals surface area (Å²) in [6.45, 7) is 0. The van der Waals surface area contributed by atoms with Crippen LogP contribution in [0.3, 0.4) is 0 Å². The van der Waals surface area contributed by atoms with Crippen LogP contribution < -0.4 is 5.73 Å². The van der Waals surface area contributed by atoms with Crippen LogP contribution in [-0.4, -0.2) is 15.7 Å². The Morgan fingerprint density at radius 3 is 2.35 bits per heavy atom. The summed E-state index contributed by atoms with van der Waals surface area (Å²) in [5.74, 6) is -0.866. The molecule has 2 rings (SSSR count). The minimum atomic E-state index is -4.47. The summed E-state index contributed by atoms with van der Waals surface area (Å²) in [5.41, 5.74) is 4.67. The van der Waals surface area contributed by atoms with E-state index in [1.54, 1.807) is 6.07 Å². The molecule has 1 heterocycles. The highest BCUT2D eigenvalue weighted by atomic mass is 19.4. The van der Waals surface area contributed by atoms with Crippen molar-refractivity contribution < 1.29 is 18.0 Å². The van der Waals surface area contributed by atoms with Gasteiger partial charge in [-0.1, -0.05) is 0 Å². The Morgan fingerprint density at radius 1 is 1.30 bits per heavy atom. The standard InChI is InChI=1S/C12H7F3N4O/c13-12(14,15)9-3-1-7(2-4-9)11(20)19-10(17)8(5-16)6-18-19/h1-4,6H,17H2. The van der Waals surface area contributed by atoms with Crippen LogP contribution in [0.5, 0.6) is 0 Å². The molecule has 0 aliphatic carbocycles. The molecule has 0 aliphatic heterocycles. The Bertz CT molecular complexity index is 695. The molecule has 1 aromatic carbocycles. The van der Waals surface area contributed by atoms with Gasteiger partial charge in [0.2, 0.25) is 0 Å². The van der Waals surface area contributed by atoms with Crippen LogP contribution in [0.4, 0.5) is 19.0 Å². The number of benzene rings is 1. The van der Waals surface area contributed by atoms with Gasteiger partial charge in [0.1, 0.15) is 17.5 Å². The molecular weight excluding hydrogens is 273 g/mol. The van der Waals surface area contributed by atoms with E-state index in [1.807, 2.05) is 0 Å². The zero-order chi connectivity index (χ0) is 14.9. The number of nitriles is 1. The lowest BCUT2D eigenvalue weighted by atomic mass is 10.1. The van der Waals surface area contributed by atoms with E-state index in [9.17, 15) is 18.0 Å². The zero-order valence-electron chi connectivity index (χ0n) is 9.85. The van der Waals surface area contributed by atoms with E-state index < -0.39 is 17.6 Å². The molecule has 0 radical (unpaired) electrons. The van der Waals surface area contributed by atoms with Crippen molar-refractivity contribution in [1.82, 2.24) is 9.78 Å². The molecule has 0 bridgehead atoms. The van der Waals surface area contributed by atoms with E-state index in [0.717, 1.165) is 35.1 Å². The van der Waals surface area contributed by atoms with E-state index in [4.69, 9.17) is 11.0 Å². The van der Waals surface area contributed by atoms with Gasteiger partial charge in [-0.05, 0) is 24.3 Å². The minimum absolute atomic E-state index is 0.0164. The highest BCUT2D eigenvalue weighted by Crippen LogP contribution is 2.29. The number of alkyl halides is 3. The molecule has 5 nitrogen and oxygen atoms in total. The Labute approximate surface area is 111 Å². The number of anilines is 1. The molecule has 8 heteroatoms. The number of hydrogen-bond donors (Lipinski definition) is 1. The number of hydrogen-bond acceptors (Lipinski definition) is 4. The first-order valence-corrected chi connectivity index (χ1v) is 5.30. The third-order valence-corrected chi connectivity index (χ3v) is 2.58. The van der Waals surface area contributed by atoms with Crippen LogP contribution in [-0.2, 0) is 6.18 Å². The Morgan fingerprint density at radius 2 is 1.90 bits per heavy atom. The first kappa shape index (κ1) is 13.6. The predicted octanol–water partition coefficient (Wildman–Crippen LogP) is 2.04. The third-order valence-electron chi connectivity index (χ3n) is 2.58. The van der Waals surface area contributed by atoms with Crippen LogP contribution in [0.25, 0.3) is 0 Å². The number of halogens is 3. The zero-order valence-corrected chi connectivity index (χ0v) is 9.85. The van der Waals surface area contributed by atoms with Crippen molar-refractivity contribution >= 4 is 11.7 Å². The number of carbonyl (C=O) groups is 1. The number of carbonyl (C=O) groups excluding carboxylic acids is 1. The summed E-state index contributed by atoms with van der Waals surface area (Å²) in [5, 5.41) is 12.3. The second-order valence-electron chi connectivity index (χ2n) is 3.85. The maximum atomic E-state index is 12.4. The van der Waals surface area contributed by atoms with Gasteiger partial charge in [-0.15, -0.1) is 0 Å². The number of nitrogens with two attached hydrogens (primary N) is 1. The fraction of sp³-hybridized carbons (Fsp3) is 0.0833. The third kappa shape index (κ3) is 2.33. The molecule has 0 amide bonds. The molecule has 0 unspecified atom stereocenters. The van der Waals surface area contributed by atoms with Crippen LogP contribution in [0.1, 0.15) is 21.5 Å². The Kier molecular flexibility index (Phi) is 3.19. The summed E-state index contributed by atoms with van der Waals surface area (Å²) in [6, 6.07) is 5.37. The van der Waals surface area contributed by atoms with Gasteiger partial charge in [0.15, 0.2) is 0 Å².